The SMILES string of the molecule is CCC(C)c1noc(C2(c3ccccc3)CCNCC2)n1. The second-order valence-corrected chi connectivity index (χ2v) is 5.97. The van der Waals surface area contributed by atoms with Gasteiger partial charge in [0.05, 0.1) is 5.41 Å². The smallest absolute Gasteiger partial charge is 0.237 e. The van der Waals surface area contributed by atoms with E-state index >= 15 is 0 Å². The Morgan fingerprint density at radius 2 is 1.95 bits per heavy atom. The summed E-state index contributed by atoms with van der Waals surface area (Å²) in [6, 6.07) is 10.6. The van der Waals surface area contributed by atoms with Crippen molar-refractivity contribution in [1.29, 1.82) is 0 Å². The summed E-state index contributed by atoms with van der Waals surface area (Å²) in [5, 5.41) is 7.66. The molecule has 1 unspecified atom stereocenters. The predicted octanol–water partition coefficient (Wildman–Crippen LogP) is 3.25. The summed E-state index contributed by atoms with van der Waals surface area (Å²) in [6.07, 6.45) is 3.02. The van der Waals surface area contributed by atoms with Crippen LogP contribution in [0, 0.1) is 0 Å². The molecule has 3 rings (SSSR count). The van der Waals surface area contributed by atoms with E-state index in [4.69, 9.17) is 9.51 Å². The standard InChI is InChI=1S/C17H23N3O/c1-3-13(2)15-19-16(21-20-15)17(9-11-18-12-10-17)14-7-5-4-6-8-14/h4-8,13,18H,3,9-12H2,1-2H3. The van der Waals surface area contributed by atoms with Gasteiger partial charge in [-0.3, -0.25) is 0 Å². The average Bonchev–Trinajstić information content (AvgIpc) is 3.06. The van der Waals surface area contributed by atoms with Gasteiger partial charge < -0.3 is 9.84 Å². The van der Waals surface area contributed by atoms with Crippen LogP contribution < -0.4 is 5.32 Å². The van der Waals surface area contributed by atoms with E-state index in [1.165, 1.54) is 5.56 Å². The summed E-state index contributed by atoms with van der Waals surface area (Å²) in [5.74, 6) is 1.96. The molecular weight excluding hydrogens is 262 g/mol. The van der Waals surface area contributed by atoms with Gasteiger partial charge in [-0.2, -0.15) is 4.98 Å². The van der Waals surface area contributed by atoms with E-state index < -0.39 is 0 Å². The molecular formula is C17H23N3O. The first-order chi connectivity index (χ1) is 10.3. The number of nitrogens with zero attached hydrogens (tertiary/aromatic N) is 2. The van der Waals surface area contributed by atoms with Crippen molar-refractivity contribution in [1.82, 2.24) is 15.5 Å². The van der Waals surface area contributed by atoms with Crippen molar-refractivity contribution in [3.8, 4) is 0 Å². The molecule has 0 aliphatic carbocycles. The number of hydrogen-bond donors (Lipinski definition) is 1. The molecule has 21 heavy (non-hydrogen) atoms. The van der Waals surface area contributed by atoms with Crippen LogP contribution in [-0.2, 0) is 5.41 Å². The number of nitrogens with one attached hydrogen (secondary N) is 1. The second kappa shape index (κ2) is 5.98. The number of hydrogen-bond acceptors (Lipinski definition) is 4. The van der Waals surface area contributed by atoms with E-state index in [0.717, 1.165) is 44.1 Å². The third kappa shape index (κ3) is 2.60. The molecule has 1 aromatic carbocycles. The third-order valence-electron chi connectivity index (χ3n) is 4.69. The molecule has 0 bridgehead atoms. The van der Waals surface area contributed by atoms with Crippen LogP contribution in [-0.4, -0.2) is 23.2 Å². The summed E-state index contributed by atoms with van der Waals surface area (Å²) in [7, 11) is 0. The van der Waals surface area contributed by atoms with Gasteiger partial charge in [-0.05, 0) is 37.9 Å². The highest BCUT2D eigenvalue weighted by atomic mass is 16.5. The van der Waals surface area contributed by atoms with Gasteiger partial charge in [0.1, 0.15) is 0 Å². The Morgan fingerprint density at radius 3 is 2.62 bits per heavy atom. The molecule has 112 valence electrons. The molecule has 0 spiro atoms. The molecule has 0 amide bonds. The normalized spacial score (nSPS) is 19.3. The topological polar surface area (TPSA) is 51.0 Å². The van der Waals surface area contributed by atoms with Crippen molar-refractivity contribution in [3.63, 3.8) is 0 Å². The van der Waals surface area contributed by atoms with E-state index in [0.29, 0.717) is 5.92 Å². The fraction of sp³-hybridized carbons (Fsp3) is 0.529. The predicted molar refractivity (Wildman–Crippen MR) is 82.3 cm³/mol. The average molecular weight is 285 g/mol. The molecule has 1 aliphatic heterocycles. The lowest BCUT2D eigenvalue weighted by molar-refractivity contribution is 0.258. The highest BCUT2D eigenvalue weighted by molar-refractivity contribution is 5.33. The molecule has 4 nitrogen and oxygen atoms in total. The fourth-order valence-electron chi connectivity index (χ4n) is 3.05. The van der Waals surface area contributed by atoms with Crippen molar-refractivity contribution in [2.45, 2.75) is 44.4 Å². The van der Waals surface area contributed by atoms with Crippen LogP contribution in [0.3, 0.4) is 0 Å². The molecule has 1 atom stereocenters. The molecule has 0 saturated carbocycles. The minimum absolute atomic E-state index is 0.134. The molecule has 1 fully saturated rings. The third-order valence-corrected chi connectivity index (χ3v) is 4.69. The fourth-order valence-corrected chi connectivity index (χ4v) is 3.05. The van der Waals surface area contributed by atoms with Crippen LogP contribution in [0.5, 0.6) is 0 Å². The molecule has 4 heteroatoms. The van der Waals surface area contributed by atoms with E-state index in [-0.39, 0.29) is 5.41 Å². The molecule has 2 aromatic rings. The van der Waals surface area contributed by atoms with E-state index in [1.807, 2.05) is 0 Å². The Labute approximate surface area is 126 Å². The van der Waals surface area contributed by atoms with Crippen LogP contribution in [0.15, 0.2) is 34.9 Å². The van der Waals surface area contributed by atoms with Gasteiger partial charge in [0, 0.05) is 5.92 Å². The van der Waals surface area contributed by atoms with Crippen LogP contribution in [0.2, 0.25) is 0 Å². The Morgan fingerprint density at radius 1 is 1.24 bits per heavy atom. The highest BCUT2D eigenvalue weighted by Crippen LogP contribution is 2.39. The number of piperidine rings is 1. The zero-order chi connectivity index (χ0) is 14.7. The summed E-state index contributed by atoms with van der Waals surface area (Å²) in [6.45, 7) is 6.26. The quantitative estimate of drug-likeness (QED) is 0.937. The molecule has 1 saturated heterocycles. The molecule has 0 radical (unpaired) electrons. The van der Waals surface area contributed by atoms with Gasteiger partial charge in [0.2, 0.25) is 5.89 Å². The monoisotopic (exact) mass is 285 g/mol. The maximum absolute atomic E-state index is 5.70. The first-order valence-corrected chi connectivity index (χ1v) is 7.86. The molecule has 1 aliphatic rings. The van der Waals surface area contributed by atoms with Crippen LogP contribution in [0.1, 0.15) is 56.3 Å². The number of aromatic nitrogens is 2. The van der Waals surface area contributed by atoms with Gasteiger partial charge >= 0.3 is 0 Å². The molecule has 2 heterocycles. The zero-order valence-corrected chi connectivity index (χ0v) is 12.8. The molecule has 1 N–H and O–H groups in total. The van der Waals surface area contributed by atoms with Crippen LogP contribution in [0.25, 0.3) is 0 Å². The largest absolute Gasteiger partial charge is 0.338 e. The lowest BCUT2D eigenvalue weighted by Crippen LogP contribution is -2.41. The van der Waals surface area contributed by atoms with Gasteiger partial charge in [-0.25, -0.2) is 0 Å². The lowest BCUT2D eigenvalue weighted by atomic mass is 9.73. The first-order valence-electron chi connectivity index (χ1n) is 7.86. The van der Waals surface area contributed by atoms with E-state index in [2.05, 4.69) is 54.7 Å². The Bertz CT molecular complexity index is 573. The summed E-state index contributed by atoms with van der Waals surface area (Å²) in [4.78, 5) is 4.75. The Kier molecular flexibility index (Phi) is 4.06. The highest BCUT2D eigenvalue weighted by Gasteiger charge is 2.41. The van der Waals surface area contributed by atoms with Crippen LogP contribution in [0.4, 0.5) is 0 Å². The van der Waals surface area contributed by atoms with Crippen molar-refractivity contribution in [2.75, 3.05) is 13.1 Å². The summed E-state index contributed by atoms with van der Waals surface area (Å²) < 4.78 is 5.70. The van der Waals surface area contributed by atoms with Gasteiger partial charge in [-0.1, -0.05) is 49.3 Å². The Hall–Kier alpha value is -1.68. The maximum atomic E-state index is 5.70. The minimum Gasteiger partial charge on any atom is -0.338 e. The van der Waals surface area contributed by atoms with Crippen molar-refractivity contribution in [3.05, 3.63) is 47.6 Å². The summed E-state index contributed by atoms with van der Waals surface area (Å²) >= 11 is 0. The van der Waals surface area contributed by atoms with Gasteiger partial charge in [0.15, 0.2) is 5.82 Å². The van der Waals surface area contributed by atoms with E-state index in [1.54, 1.807) is 0 Å². The number of rotatable bonds is 4. The second-order valence-electron chi connectivity index (χ2n) is 5.97. The van der Waals surface area contributed by atoms with Crippen molar-refractivity contribution in [2.24, 2.45) is 0 Å². The zero-order valence-electron chi connectivity index (χ0n) is 12.8. The summed E-state index contributed by atoms with van der Waals surface area (Å²) in [5.41, 5.74) is 1.15. The van der Waals surface area contributed by atoms with Gasteiger partial charge in [0.25, 0.3) is 0 Å². The van der Waals surface area contributed by atoms with Crippen LogP contribution >= 0.6 is 0 Å². The van der Waals surface area contributed by atoms with Crippen molar-refractivity contribution < 1.29 is 4.52 Å². The minimum atomic E-state index is -0.134. The molecule has 1 aromatic heterocycles. The van der Waals surface area contributed by atoms with Crippen molar-refractivity contribution >= 4 is 0 Å². The lowest BCUT2D eigenvalue weighted by Gasteiger charge is -2.34. The number of benzene rings is 1. The first kappa shape index (κ1) is 14.3. The van der Waals surface area contributed by atoms with Gasteiger partial charge in [-0.15, -0.1) is 0 Å². The maximum Gasteiger partial charge on any atom is 0.237 e. The van der Waals surface area contributed by atoms with E-state index in [9.17, 15) is 0 Å². The Balaban J connectivity index is 2.02.